The van der Waals surface area contributed by atoms with Crippen molar-refractivity contribution >= 4 is 0 Å². The molecule has 0 aromatic carbocycles. The van der Waals surface area contributed by atoms with Crippen molar-refractivity contribution in [3.8, 4) is 0 Å². The first-order valence-corrected chi connectivity index (χ1v) is 21.0. The predicted molar refractivity (Wildman–Crippen MR) is 196 cm³/mol. The van der Waals surface area contributed by atoms with Crippen LogP contribution in [0.5, 0.6) is 0 Å². The van der Waals surface area contributed by atoms with E-state index in [-0.39, 0.29) is 10.8 Å². The van der Waals surface area contributed by atoms with Crippen LogP contribution < -0.4 is 0 Å². The normalized spacial score (nSPS) is 50.7. The smallest absolute Gasteiger partial charge is 0.0713 e. The van der Waals surface area contributed by atoms with Gasteiger partial charge in [0.05, 0.1) is 12.2 Å². The molecule has 46 heavy (non-hydrogen) atoms. The Morgan fingerprint density at radius 2 is 0.565 bits per heavy atom. The van der Waals surface area contributed by atoms with Gasteiger partial charge in [0.2, 0.25) is 0 Å². The molecule has 0 bridgehead atoms. The lowest BCUT2D eigenvalue weighted by molar-refractivity contribution is -0.385. The second-order valence-corrected chi connectivity index (χ2v) is 20.5. The van der Waals surface area contributed by atoms with Gasteiger partial charge in [0.1, 0.15) is 0 Å². The molecule has 12 unspecified atom stereocenters. The molecule has 268 valence electrons. The Morgan fingerprint density at radius 3 is 0.739 bits per heavy atom. The summed E-state index contributed by atoms with van der Waals surface area (Å²) in [7, 11) is 0. The van der Waals surface area contributed by atoms with Crippen molar-refractivity contribution in [3.63, 3.8) is 0 Å². The van der Waals surface area contributed by atoms with Crippen LogP contribution in [0.1, 0.15) is 160 Å². The van der Waals surface area contributed by atoms with Crippen molar-refractivity contribution in [1.82, 2.24) is 0 Å². The molecule has 0 amide bonds. The third-order valence-electron chi connectivity index (χ3n) is 16.6. The molecule has 5 aliphatic carbocycles. The van der Waals surface area contributed by atoms with Gasteiger partial charge in [0, 0.05) is 10.8 Å². The van der Waals surface area contributed by atoms with Crippen molar-refractivity contribution in [2.45, 2.75) is 172 Å². The molecular formula is C44H80O2. The van der Waals surface area contributed by atoms with Crippen molar-refractivity contribution in [1.29, 1.82) is 0 Å². The van der Waals surface area contributed by atoms with Crippen LogP contribution >= 0.6 is 0 Å². The van der Waals surface area contributed by atoms with Crippen molar-refractivity contribution in [3.05, 3.63) is 0 Å². The fraction of sp³-hybridized carbons (Fsp3) is 1.00. The van der Waals surface area contributed by atoms with E-state index in [4.69, 9.17) is 0 Å². The second kappa shape index (κ2) is 14.3. The maximum Gasteiger partial charge on any atom is 0.0713 e. The average Bonchev–Trinajstić information content (AvgIpc) is 2.97. The molecule has 5 saturated carbocycles. The van der Waals surface area contributed by atoms with Gasteiger partial charge in [-0.15, -0.1) is 0 Å². The van der Waals surface area contributed by atoms with E-state index in [1.165, 1.54) is 77.0 Å². The standard InChI is InChI=1S/C44H80O2/c1-25(2)33-17-13-29(9)21-37(33)43(38-22-30(10)14-18-34(38)26(3)4)41(45)44(42(43)46,39-23-31(11)15-19-35(39)27(5)6)40-24-32(12)16-20-36(40)28(7)8/h25-42,45-46H,13-24H2,1-12H3. The zero-order chi connectivity index (χ0) is 33.9. The maximum atomic E-state index is 14.0. The van der Waals surface area contributed by atoms with Crippen molar-refractivity contribution < 1.29 is 10.2 Å². The fourth-order valence-electron chi connectivity index (χ4n) is 14.3. The largest absolute Gasteiger partial charge is 0.392 e. The summed E-state index contributed by atoms with van der Waals surface area (Å²) < 4.78 is 0. The van der Waals surface area contributed by atoms with E-state index in [1.54, 1.807) is 0 Å². The quantitative estimate of drug-likeness (QED) is 0.277. The van der Waals surface area contributed by atoms with Gasteiger partial charge in [0.25, 0.3) is 0 Å². The molecule has 5 rings (SSSR count). The number of rotatable bonds is 8. The number of aliphatic hydroxyl groups is 2. The maximum absolute atomic E-state index is 14.0. The summed E-state index contributed by atoms with van der Waals surface area (Å²) in [5.74, 6) is 9.18. The number of hydrogen-bond donors (Lipinski definition) is 2. The Labute approximate surface area is 287 Å². The Hall–Kier alpha value is -0.0800. The van der Waals surface area contributed by atoms with E-state index in [2.05, 4.69) is 83.1 Å². The van der Waals surface area contributed by atoms with Gasteiger partial charge >= 0.3 is 0 Å². The summed E-state index contributed by atoms with van der Waals surface area (Å²) >= 11 is 0. The first kappa shape index (κ1) is 37.2. The van der Waals surface area contributed by atoms with Crippen LogP contribution in [0.3, 0.4) is 0 Å². The minimum Gasteiger partial charge on any atom is -0.392 e. The molecule has 5 fully saturated rings. The molecule has 0 aromatic rings. The molecule has 0 aromatic heterocycles. The Morgan fingerprint density at radius 1 is 0.370 bits per heavy atom. The summed E-state index contributed by atoms with van der Waals surface area (Å²) in [5.41, 5.74) is -0.755. The van der Waals surface area contributed by atoms with Crippen LogP contribution in [0.2, 0.25) is 0 Å². The summed E-state index contributed by atoms with van der Waals surface area (Å²) in [6.45, 7) is 29.7. The second-order valence-electron chi connectivity index (χ2n) is 20.5. The summed E-state index contributed by atoms with van der Waals surface area (Å²) in [4.78, 5) is 0. The van der Waals surface area contributed by atoms with Gasteiger partial charge in [-0.05, 0) is 146 Å². The molecule has 0 heterocycles. The zero-order valence-electron chi connectivity index (χ0n) is 32.8. The molecule has 0 saturated heterocycles. The lowest BCUT2D eigenvalue weighted by Crippen LogP contribution is -2.83. The molecule has 2 N–H and O–H groups in total. The van der Waals surface area contributed by atoms with Crippen LogP contribution in [0.4, 0.5) is 0 Å². The average molecular weight is 641 g/mol. The number of aliphatic hydroxyl groups excluding tert-OH is 2. The molecule has 5 aliphatic rings. The minimum atomic E-state index is -0.392. The molecular weight excluding hydrogens is 560 g/mol. The first-order valence-electron chi connectivity index (χ1n) is 21.0. The van der Waals surface area contributed by atoms with Crippen LogP contribution in [-0.2, 0) is 0 Å². The van der Waals surface area contributed by atoms with E-state index >= 15 is 0 Å². The third kappa shape index (κ3) is 6.02. The highest BCUT2D eigenvalue weighted by molar-refractivity contribution is 5.28. The summed E-state index contributed by atoms with van der Waals surface area (Å²) in [6, 6.07) is 0. The highest BCUT2D eigenvalue weighted by Gasteiger charge is 2.80. The first-order chi connectivity index (χ1) is 21.6. The van der Waals surface area contributed by atoms with Crippen LogP contribution in [0, 0.1) is 106 Å². The lowest BCUT2D eigenvalue weighted by atomic mass is 9.28. The van der Waals surface area contributed by atoms with E-state index in [9.17, 15) is 10.2 Å². The van der Waals surface area contributed by atoms with Gasteiger partial charge in [0.15, 0.2) is 0 Å². The molecule has 0 aliphatic heterocycles. The van der Waals surface area contributed by atoms with Gasteiger partial charge in [-0.3, -0.25) is 0 Å². The van der Waals surface area contributed by atoms with E-state index < -0.39 is 12.2 Å². The van der Waals surface area contributed by atoms with Gasteiger partial charge < -0.3 is 10.2 Å². The Bertz CT molecular complexity index is 826. The Balaban J connectivity index is 1.77. The molecule has 2 heteroatoms. The lowest BCUT2D eigenvalue weighted by Gasteiger charge is -2.78. The van der Waals surface area contributed by atoms with Gasteiger partial charge in [-0.1, -0.05) is 109 Å². The SMILES string of the molecule is CC1CCC(C(C)C)C(C2(C3CC(C)CCC3C(C)C)C(O)C(C3CC(C)CCC3C(C)C)(C3CC(C)CCC3C(C)C)C2O)C1. The summed E-state index contributed by atoms with van der Waals surface area (Å²) in [5, 5.41) is 28.1. The molecule has 0 spiro atoms. The van der Waals surface area contributed by atoms with Gasteiger partial charge in [-0.25, -0.2) is 0 Å². The third-order valence-corrected chi connectivity index (χ3v) is 16.6. The van der Waals surface area contributed by atoms with Crippen LogP contribution in [0.25, 0.3) is 0 Å². The highest BCUT2D eigenvalue weighted by Crippen LogP contribution is 2.77. The predicted octanol–water partition coefficient (Wildman–Crippen LogP) is 11.5. The Kier molecular flexibility index (Phi) is 11.5. The van der Waals surface area contributed by atoms with Crippen molar-refractivity contribution in [2.24, 2.45) is 106 Å². The van der Waals surface area contributed by atoms with E-state index in [1.807, 2.05) is 0 Å². The molecule has 2 nitrogen and oxygen atoms in total. The summed E-state index contributed by atoms with van der Waals surface area (Å²) in [6.07, 6.45) is 14.4. The van der Waals surface area contributed by atoms with E-state index in [0.29, 0.717) is 94.7 Å². The fourth-order valence-corrected chi connectivity index (χ4v) is 14.3. The highest BCUT2D eigenvalue weighted by atomic mass is 16.3. The zero-order valence-corrected chi connectivity index (χ0v) is 32.8. The van der Waals surface area contributed by atoms with Crippen LogP contribution in [0.15, 0.2) is 0 Å². The van der Waals surface area contributed by atoms with Crippen molar-refractivity contribution in [2.75, 3.05) is 0 Å². The van der Waals surface area contributed by atoms with Gasteiger partial charge in [-0.2, -0.15) is 0 Å². The van der Waals surface area contributed by atoms with Crippen LogP contribution in [-0.4, -0.2) is 22.4 Å². The van der Waals surface area contributed by atoms with E-state index in [0.717, 1.165) is 0 Å². The molecule has 12 atom stereocenters. The monoisotopic (exact) mass is 641 g/mol. The minimum absolute atomic E-state index is 0.377. The number of hydrogen-bond acceptors (Lipinski definition) is 2. The molecule has 0 radical (unpaired) electrons. The topological polar surface area (TPSA) is 40.5 Å².